The zero-order chi connectivity index (χ0) is 19.2. The van der Waals surface area contributed by atoms with E-state index in [9.17, 15) is 9.59 Å². The van der Waals surface area contributed by atoms with Crippen molar-refractivity contribution in [1.29, 1.82) is 0 Å². The number of hydrogen-bond acceptors (Lipinski definition) is 6. The second-order valence-electron chi connectivity index (χ2n) is 5.59. The number of benzene rings is 2. The lowest BCUT2D eigenvalue weighted by Crippen LogP contribution is -2.06. The van der Waals surface area contributed by atoms with Gasteiger partial charge in [-0.2, -0.15) is 0 Å². The van der Waals surface area contributed by atoms with Crippen LogP contribution in [0.1, 0.15) is 13.3 Å². The molecule has 0 spiro atoms. The standard InChI is InChI=1S/C20H18O7/c1-2-24-13-3-5-14(6-4-13)27-18-12-26-17-11-15(25-10-9-19(21)22)7-8-16(17)20(18)23/h3-8,11-12H,2,9-10H2,1H3,(H,21,22). The first-order valence-corrected chi connectivity index (χ1v) is 8.37. The second-order valence-corrected chi connectivity index (χ2v) is 5.59. The summed E-state index contributed by atoms with van der Waals surface area (Å²) in [5.41, 5.74) is 0.00842. The number of aliphatic carboxylic acids is 1. The van der Waals surface area contributed by atoms with E-state index in [0.29, 0.717) is 34.8 Å². The Kier molecular flexibility index (Phi) is 5.61. The summed E-state index contributed by atoms with van der Waals surface area (Å²) in [7, 11) is 0. The number of carboxylic acid groups (broad SMARTS) is 1. The average molecular weight is 370 g/mol. The molecule has 3 rings (SSSR count). The predicted octanol–water partition coefficient (Wildman–Crippen LogP) is 3.84. The fourth-order valence-corrected chi connectivity index (χ4v) is 2.40. The summed E-state index contributed by atoms with van der Waals surface area (Å²) in [6.07, 6.45) is 1.12. The molecule has 0 aliphatic carbocycles. The van der Waals surface area contributed by atoms with Gasteiger partial charge in [-0.1, -0.05) is 0 Å². The van der Waals surface area contributed by atoms with Crippen LogP contribution in [-0.2, 0) is 4.79 Å². The average Bonchev–Trinajstić information content (AvgIpc) is 2.65. The molecule has 140 valence electrons. The van der Waals surface area contributed by atoms with Crippen molar-refractivity contribution in [2.24, 2.45) is 0 Å². The Hall–Kier alpha value is -3.48. The normalized spacial score (nSPS) is 10.6. The Balaban J connectivity index is 1.78. The van der Waals surface area contributed by atoms with Gasteiger partial charge in [-0.05, 0) is 43.3 Å². The Morgan fingerprint density at radius 1 is 1.04 bits per heavy atom. The van der Waals surface area contributed by atoms with Gasteiger partial charge < -0.3 is 23.7 Å². The summed E-state index contributed by atoms with van der Waals surface area (Å²) in [5, 5.41) is 8.97. The molecule has 0 fully saturated rings. The Morgan fingerprint density at radius 3 is 2.44 bits per heavy atom. The van der Waals surface area contributed by atoms with E-state index in [4.69, 9.17) is 23.7 Å². The monoisotopic (exact) mass is 370 g/mol. The highest BCUT2D eigenvalue weighted by atomic mass is 16.5. The highest BCUT2D eigenvalue weighted by molar-refractivity contribution is 5.79. The van der Waals surface area contributed by atoms with Gasteiger partial charge in [0.15, 0.2) is 0 Å². The minimum absolute atomic E-state index is 0.0318. The molecule has 0 aliphatic heterocycles. The second kappa shape index (κ2) is 8.27. The van der Waals surface area contributed by atoms with Crippen molar-refractivity contribution < 1.29 is 28.5 Å². The number of hydrogen-bond donors (Lipinski definition) is 1. The molecule has 0 saturated heterocycles. The molecule has 1 N–H and O–H groups in total. The molecule has 7 nitrogen and oxygen atoms in total. The molecule has 0 atom stereocenters. The van der Waals surface area contributed by atoms with Crippen LogP contribution in [-0.4, -0.2) is 24.3 Å². The number of carboxylic acids is 1. The Labute approximate surface area is 154 Å². The third-order valence-corrected chi connectivity index (χ3v) is 3.66. The molecule has 0 radical (unpaired) electrons. The quantitative estimate of drug-likeness (QED) is 0.644. The molecule has 0 unspecified atom stereocenters. The SMILES string of the molecule is CCOc1ccc(Oc2coc3cc(OCCC(=O)O)ccc3c2=O)cc1. The van der Waals surface area contributed by atoms with Crippen LogP contribution in [0.3, 0.4) is 0 Å². The first kappa shape index (κ1) is 18.3. The van der Waals surface area contributed by atoms with Crippen LogP contribution >= 0.6 is 0 Å². The van der Waals surface area contributed by atoms with E-state index < -0.39 is 5.97 Å². The molecule has 0 amide bonds. The van der Waals surface area contributed by atoms with Crippen LogP contribution in [0.4, 0.5) is 0 Å². The maximum Gasteiger partial charge on any atom is 0.306 e. The van der Waals surface area contributed by atoms with E-state index in [1.165, 1.54) is 6.26 Å². The van der Waals surface area contributed by atoms with Gasteiger partial charge in [0.1, 0.15) is 29.1 Å². The minimum atomic E-state index is -0.946. The lowest BCUT2D eigenvalue weighted by atomic mass is 10.2. The third kappa shape index (κ3) is 4.58. The van der Waals surface area contributed by atoms with Crippen LogP contribution < -0.4 is 19.6 Å². The van der Waals surface area contributed by atoms with Crippen molar-refractivity contribution in [3.63, 3.8) is 0 Å². The molecule has 0 saturated carbocycles. The molecule has 0 aliphatic rings. The van der Waals surface area contributed by atoms with Crippen LogP contribution in [0.5, 0.6) is 23.0 Å². The van der Waals surface area contributed by atoms with Gasteiger partial charge >= 0.3 is 5.97 Å². The van der Waals surface area contributed by atoms with E-state index in [0.717, 1.165) is 0 Å². The highest BCUT2D eigenvalue weighted by Gasteiger charge is 2.11. The van der Waals surface area contributed by atoms with E-state index in [2.05, 4.69) is 0 Å². The summed E-state index contributed by atoms with van der Waals surface area (Å²) >= 11 is 0. The molecule has 1 aromatic heterocycles. The van der Waals surface area contributed by atoms with Gasteiger partial charge in [0.25, 0.3) is 0 Å². The van der Waals surface area contributed by atoms with Gasteiger partial charge in [-0.25, -0.2) is 0 Å². The third-order valence-electron chi connectivity index (χ3n) is 3.66. The smallest absolute Gasteiger partial charge is 0.306 e. The maximum atomic E-state index is 12.6. The number of carbonyl (C=O) groups is 1. The summed E-state index contributed by atoms with van der Waals surface area (Å²) in [4.78, 5) is 23.1. The zero-order valence-corrected chi connectivity index (χ0v) is 14.6. The van der Waals surface area contributed by atoms with Crippen LogP contribution in [0, 0.1) is 0 Å². The van der Waals surface area contributed by atoms with Gasteiger partial charge in [-0.3, -0.25) is 9.59 Å². The van der Waals surface area contributed by atoms with E-state index >= 15 is 0 Å². The van der Waals surface area contributed by atoms with Crippen molar-refractivity contribution in [2.75, 3.05) is 13.2 Å². The van der Waals surface area contributed by atoms with Crippen LogP contribution in [0.15, 0.2) is 57.9 Å². The zero-order valence-electron chi connectivity index (χ0n) is 14.6. The number of ether oxygens (including phenoxy) is 3. The van der Waals surface area contributed by atoms with Crippen molar-refractivity contribution in [3.05, 3.63) is 59.0 Å². The highest BCUT2D eigenvalue weighted by Crippen LogP contribution is 2.25. The van der Waals surface area contributed by atoms with Crippen LogP contribution in [0.2, 0.25) is 0 Å². The predicted molar refractivity (Wildman–Crippen MR) is 97.9 cm³/mol. The van der Waals surface area contributed by atoms with E-state index in [1.54, 1.807) is 42.5 Å². The Bertz CT molecular complexity index is 989. The summed E-state index contributed by atoms with van der Waals surface area (Å²) in [6, 6.07) is 11.6. The largest absolute Gasteiger partial charge is 0.494 e. The summed E-state index contributed by atoms with van der Waals surface area (Å²) < 4.78 is 21.8. The van der Waals surface area contributed by atoms with E-state index in [-0.39, 0.29) is 24.2 Å². The number of rotatable bonds is 8. The van der Waals surface area contributed by atoms with Crippen molar-refractivity contribution in [3.8, 4) is 23.0 Å². The van der Waals surface area contributed by atoms with Gasteiger partial charge in [0.2, 0.25) is 11.2 Å². The summed E-state index contributed by atoms with van der Waals surface area (Å²) in [5.74, 6) is 0.737. The van der Waals surface area contributed by atoms with Crippen molar-refractivity contribution >= 4 is 16.9 Å². The molecular formula is C20H18O7. The maximum absolute atomic E-state index is 12.6. The van der Waals surface area contributed by atoms with Crippen molar-refractivity contribution in [1.82, 2.24) is 0 Å². The first-order chi connectivity index (χ1) is 13.1. The molecule has 27 heavy (non-hydrogen) atoms. The fourth-order valence-electron chi connectivity index (χ4n) is 2.40. The lowest BCUT2D eigenvalue weighted by Gasteiger charge is -2.08. The topological polar surface area (TPSA) is 95.2 Å². The van der Waals surface area contributed by atoms with Gasteiger partial charge in [0.05, 0.1) is 25.0 Å². The lowest BCUT2D eigenvalue weighted by molar-refractivity contribution is -0.137. The number of fused-ring (bicyclic) bond motifs is 1. The minimum Gasteiger partial charge on any atom is -0.494 e. The van der Waals surface area contributed by atoms with E-state index in [1.807, 2.05) is 6.92 Å². The molecule has 7 heteroatoms. The van der Waals surface area contributed by atoms with Crippen molar-refractivity contribution in [2.45, 2.75) is 13.3 Å². The molecule has 1 heterocycles. The Morgan fingerprint density at radius 2 is 1.74 bits per heavy atom. The van der Waals surface area contributed by atoms with Gasteiger partial charge in [-0.15, -0.1) is 0 Å². The van der Waals surface area contributed by atoms with Gasteiger partial charge in [0, 0.05) is 6.07 Å². The van der Waals surface area contributed by atoms with Crippen LogP contribution in [0.25, 0.3) is 11.0 Å². The first-order valence-electron chi connectivity index (χ1n) is 8.37. The molecule has 2 aromatic carbocycles. The summed E-state index contributed by atoms with van der Waals surface area (Å²) in [6.45, 7) is 2.49. The molecule has 3 aromatic rings. The molecular weight excluding hydrogens is 352 g/mol. The molecule has 0 bridgehead atoms. The fraction of sp³-hybridized carbons (Fsp3) is 0.200.